The van der Waals surface area contributed by atoms with Gasteiger partial charge in [0.05, 0.1) is 12.0 Å². The standard InChI is InChI=1S/C13H18N2O5/c1-9-7-10(5-6-11(9)15(17)18)20-8-13(2,14-3)12(16)19-4/h5-7,14H,8H2,1-4H3. The molecule has 20 heavy (non-hydrogen) atoms. The number of rotatable bonds is 6. The van der Waals surface area contributed by atoms with E-state index in [9.17, 15) is 14.9 Å². The Morgan fingerprint density at radius 3 is 2.60 bits per heavy atom. The summed E-state index contributed by atoms with van der Waals surface area (Å²) in [6, 6.07) is 4.43. The minimum absolute atomic E-state index is 0.0293. The van der Waals surface area contributed by atoms with E-state index in [1.54, 1.807) is 27.0 Å². The number of hydrogen-bond donors (Lipinski definition) is 1. The van der Waals surface area contributed by atoms with Gasteiger partial charge < -0.3 is 14.8 Å². The fourth-order valence-electron chi connectivity index (χ4n) is 1.61. The minimum atomic E-state index is -0.982. The maximum absolute atomic E-state index is 11.6. The molecule has 1 atom stereocenters. The molecule has 0 saturated carbocycles. The van der Waals surface area contributed by atoms with Gasteiger partial charge in [-0.15, -0.1) is 0 Å². The van der Waals surface area contributed by atoms with Gasteiger partial charge in [-0.1, -0.05) is 0 Å². The van der Waals surface area contributed by atoms with E-state index in [2.05, 4.69) is 5.32 Å². The van der Waals surface area contributed by atoms with Crippen LogP contribution in [0.25, 0.3) is 0 Å². The summed E-state index contributed by atoms with van der Waals surface area (Å²) < 4.78 is 10.2. The van der Waals surface area contributed by atoms with Gasteiger partial charge in [0, 0.05) is 11.6 Å². The Bertz CT molecular complexity index is 517. The summed E-state index contributed by atoms with van der Waals surface area (Å²) in [6.07, 6.45) is 0. The molecule has 0 aliphatic heterocycles. The lowest BCUT2D eigenvalue weighted by atomic mass is 10.1. The zero-order valence-corrected chi connectivity index (χ0v) is 11.9. The van der Waals surface area contributed by atoms with Gasteiger partial charge in [0.2, 0.25) is 0 Å². The van der Waals surface area contributed by atoms with E-state index >= 15 is 0 Å². The van der Waals surface area contributed by atoms with Crippen LogP contribution in [-0.4, -0.2) is 37.2 Å². The summed E-state index contributed by atoms with van der Waals surface area (Å²) in [5, 5.41) is 13.6. The molecule has 0 heterocycles. The SMILES string of the molecule is CNC(C)(COc1ccc([N+](=O)[O-])c(C)c1)C(=O)OC. The first-order valence-corrected chi connectivity index (χ1v) is 5.99. The summed E-state index contributed by atoms with van der Waals surface area (Å²) in [7, 11) is 2.93. The number of nitro benzene ring substituents is 1. The van der Waals surface area contributed by atoms with Crippen LogP contribution in [0.1, 0.15) is 12.5 Å². The molecule has 1 aromatic carbocycles. The van der Waals surface area contributed by atoms with Crippen molar-refractivity contribution in [2.75, 3.05) is 20.8 Å². The number of carbonyl (C=O) groups is 1. The molecular formula is C13H18N2O5. The predicted octanol–water partition coefficient (Wildman–Crippen LogP) is 1.43. The van der Waals surface area contributed by atoms with Gasteiger partial charge in [-0.3, -0.25) is 10.1 Å². The molecule has 0 amide bonds. The number of esters is 1. The highest BCUT2D eigenvalue weighted by atomic mass is 16.6. The van der Waals surface area contributed by atoms with E-state index in [1.807, 2.05) is 0 Å². The third-order valence-electron chi connectivity index (χ3n) is 3.08. The van der Waals surface area contributed by atoms with Crippen molar-refractivity contribution < 1.29 is 19.2 Å². The van der Waals surface area contributed by atoms with E-state index in [1.165, 1.54) is 19.2 Å². The van der Waals surface area contributed by atoms with Crippen LogP contribution >= 0.6 is 0 Å². The molecule has 1 N–H and O–H groups in total. The lowest BCUT2D eigenvalue weighted by Gasteiger charge is -2.26. The normalized spacial score (nSPS) is 13.4. The number of nitrogens with one attached hydrogen (secondary N) is 1. The zero-order chi connectivity index (χ0) is 15.3. The Morgan fingerprint density at radius 1 is 1.50 bits per heavy atom. The second-order valence-electron chi connectivity index (χ2n) is 4.57. The van der Waals surface area contributed by atoms with Crippen molar-refractivity contribution in [3.05, 3.63) is 33.9 Å². The van der Waals surface area contributed by atoms with Gasteiger partial charge in [0.15, 0.2) is 0 Å². The highest BCUT2D eigenvalue weighted by Crippen LogP contribution is 2.23. The Labute approximate surface area is 117 Å². The van der Waals surface area contributed by atoms with Gasteiger partial charge in [0.25, 0.3) is 5.69 Å². The first kappa shape index (κ1) is 15.9. The van der Waals surface area contributed by atoms with Gasteiger partial charge in [0.1, 0.15) is 17.9 Å². The van der Waals surface area contributed by atoms with Gasteiger partial charge in [-0.2, -0.15) is 0 Å². The molecule has 7 heteroatoms. The number of ether oxygens (including phenoxy) is 2. The van der Waals surface area contributed by atoms with Crippen molar-refractivity contribution in [1.82, 2.24) is 5.32 Å². The number of benzene rings is 1. The quantitative estimate of drug-likeness (QED) is 0.482. The molecule has 0 aliphatic carbocycles. The smallest absolute Gasteiger partial charge is 0.329 e. The molecule has 7 nitrogen and oxygen atoms in total. The van der Waals surface area contributed by atoms with Crippen molar-refractivity contribution in [2.45, 2.75) is 19.4 Å². The average molecular weight is 282 g/mol. The minimum Gasteiger partial charge on any atom is -0.491 e. The van der Waals surface area contributed by atoms with Crippen molar-refractivity contribution >= 4 is 11.7 Å². The molecule has 1 aromatic rings. The number of carbonyl (C=O) groups excluding carboxylic acids is 1. The van der Waals surface area contributed by atoms with E-state index in [-0.39, 0.29) is 12.3 Å². The Balaban J connectivity index is 2.82. The molecule has 110 valence electrons. The lowest BCUT2D eigenvalue weighted by molar-refractivity contribution is -0.385. The fourth-order valence-corrected chi connectivity index (χ4v) is 1.61. The predicted molar refractivity (Wildman–Crippen MR) is 72.8 cm³/mol. The van der Waals surface area contributed by atoms with Crippen LogP contribution < -0.4 is 10.1 Å². The van der Waals surface area contributed by atoms with E-state index in [0.29, 0.717) is 11.3 Å². The van der Waals surface area contributed by atoms with E-state index < -0.39 is 16.4 Å². The number of methoxy groups -OCH3 is 1. The highest BCUT2D eigenvalue weighted by molar-refractivity contribution is 5.80. The number of likely N-dealkylation sites (N-methyl/N-ethyl adjacent to an activating group) is 1. The van der Waals surface area contributed by atoms with Gasteiger partial charge in [-0.25, -0.2) is 4.79 Å². The lowest BCUT2D eigenvalue weighted by Crippen LogP contribution is -2.52. The van der Waals surface area contributed by atoms with Crippen LogP contribution in [0.3, 0.4) is 0 Å². The Kier molecular flexibility index (Phi) is 5.04. The molecule has 1 unspecified atom stereocenters. The fraction of sp³-hybridized carbons (Fsp3) is 0.462. The molecule has 0 bridgehead atoms. The van der Waals surface area contributed by atoms with Crippen LogP contribution in [0.15, 0.2) is 18.2 Å². The number of nitro groups is 1. The summed E-state index contributed by atoms with van der Waals surface area (Å²) in [4.78, 5) is 21.9. The molecule has 0 saturated heterocycles. The average Bonchev–Trinajstić information content (AvgIpc) is 2.43. The van der Waals surface area contributed by atoms with Crippen LogP contribution in [0.2, 0.25) is 0 Å². The van der Waals surface area contributed by atoms with Crippen LogP contribution in [0, 0.1) is 17.0 Å². The largest absolute Gasteiger partial charge is 0.491 e. The second-order valence-corrected chi connectivity index (χ2v) is 4.57. The molecule has 0 aliphatic rings. The molecule has 0 aromatic heterocycles. The van der Waals surface area contributed by atoms with Gasteiger partial charge in [-0.05, 0) is 33.0 Å². The molecule has 1 rings (SSSR count). The van der Waals surface area contributed by atoms with Crippen LogP contribution in [-0.2, 0) is 9.53 Å². The van der Waals surface area contributed by atoms with Crippen molar-refractivity contribution in [3.8, 4) is 5.75 Å². The van der Waals surface area contributed by atoms with Crippen molar-refractivity contribution in [2.24, 2.45) is 0 Å². The summed E-state index contributed by atoms with van der Waals surface area (Å²) >= 11 is 0. The summed E-state index contributed by atoms with van der Waals surface area (Å²) in [5.41, 5.74) is -0.455. The van der Waals surface area contributed by atoms with E-state index in [0.717, 1.165) is 0 Å². The molecule has 0 spiro atoms. The number of hydrogen-bond acceptors (Lipinski definition) is 6. The zero-order valence-electron chi connectivity index (χ0n) is 11.9. The molecular weight excluding hydrogens is 264 g/mol. The monoisotopic (exact) mass is 282 g/mol. The maximum atomic E-state index is 11.6. The molecule has 0 fully saturated rings. The van der Waals surface area contributed by atoms with Crippen LogP contribution in [0.4, 0.5) is 5.69 Å². The topological polar surface area (TPSA) is 90.7 Å². The van der Waals surface area contributed by atoms with E-state index in [4.69, 9.17) is 9.47 Å². The second kappa shape index (κ2) is 6.33. The first-order chi connectivity index (χ1) is 9.34. The highest BCUT2D eigenvalue weighted by Gasteiger charge is 2.33. The van der Waals surface area contributed by atoms with Gasteiger partial charge >= 0.3 is 5.97 Å². The Morgan fingerprint density at radius 2 is 2.15 bits per heavy atom. The molecule has 0 radical (unpaired) electrons. The summed E-state index contributed by atoms with van der Waals surface area (Å²) in [6.45, 7) is 3.33. The maximum Gasteiger partial charge on any atom is 0.329 e. The third kappa shape index (κ3) is 3.45. The van der Waals surface area contributed by atoms with Crippen molar-refractivity contribution in [3.63, 3.8) is 0 Å². The Hall–Kier alpha value is -2.15. The third-order valence-corrected chi connectivity index (χ3v) is 3.08. The first-order valence-electron chi connectivity index (χ1n) is 5.99. The number of nitrogens with zero attached hydrogens (tertiary/aromatic N) is 1. The van der Waals surface area contributed by atoms with Crippen molar-refractivity contribution in [1.29, 1.82) is 0 Å². The summed E-state index contributed by atoms with van der Waals surface area (Å²) in [5.74, 6) is 0.0112. The number of aryl methyl sites for hydroxylation is 1. The van der Waals surface area contributed by atoms with Crippen LogP contribution in [0.5, 0.6) is 5.75 Å².